The molecule has 2 aromatic heterocycles. The van der Waals surface area contributed by atoms with Gasteiger partial charge in [0.25, 0.3) is 0 Å². The average molecular weight is 430 g/mol. The van der Waals surface area contributed by atoms with Crippen molar-refractivity contribution in [2.75, 3.05) is 10.9 Å². The molecule has 8 nitrogen and oxygen atoms in total. The molecule has 114 valence electrons. The maximum absolute atomic E-state index is 11.6. The lowest BCUT2D eigenvalue weighted by Crippen LogP contribution is -2.44. The van der Waals surface area contributed by atoms with E-state index in [-0.39, 0.29) is 0 Å². The zero-order chi connectivity index (χ0) is 15.9. The van der Waals surface area contributed by atoms with Gasteiger partial charge in [-0.3, -0.25) is 31.3 Å². The number of anilines is 2. The Kier molecular flexibility index (Phi) is 5.67. The van der Waals surface area contributed by atoms with Gasteiger partial charge in [-0.05, 0) is 56.1 Å². The summed E-state index contributed by atoms with van der Waals surface area (Å²) < 4.78 is 1.60. The van der Waals surface area contributed by atoms with Gasteiger partial charge < -0.3 is 0 Å². The van der Waals surface area contributed by atoms with Crippen molar-refractivity contribution in [3.8, 4) is 0 Å². The SMILES string of the molecule is O=C(NNc1ccc(Br)cn1)C(=O)NNc1ccc(Br)cn1. The minimum absolute atomic E-state index is 0.395. The number of nitrogens with one attached hydrogen (secondary N) is 4. The molecule has 2 rings (SSSR count). The molecular formula is C12H10Br2N6O2. The highest BCUT2D eigenvalue weighted by molar-refractivity contribution is 9.10. The first-order valence-electron chi connectivity index (χ1n) is 5.90. The van der Waals surface area contributed by atoms with Crippen molar-refractivity contribution >= 4 is 55.3 Å². The van der Waals surface area contributed by atoms with Crippen molar-refractivity contribution in [3.05, 3.63) is 45.6 Å². The number of hydrazine groups is 2. The van der Waals surface area contributed by atoms with Gasteiger partial charge in [-0.15, -0.1) is 0 Å². The lowest BCUT2D eigenvalue weighted by Gasteiger charge is -2.09. The number of amides is 2. The van der Waals surface area contributed by atoms with E-state index in [2.05, 4.69) is 63.5 Å². The second kappa shape index (κ2) is 7.71. The van der Waals surface area contributed by atoms with E-state index in [1.165, 1.54) is 0 Å². The van der Waals surface area contributed by atoms with Crippen LogP contribution in [0.3, 0.4) is 0 Å². The molecule has 10 heteroatoms. The van der Waals surface area contributed by atoms with Gasteiger partial charge in [0, 0.05) is 21.3 Å². The van der Waals surface area contributed by atoms with Crippen molar-refractivity contribution in [2.24, 2.45) is 0 Å². The van der Waals surface area contributed by atoms with E-state index in [9.17, 15) is 9.59 Å². The van der Waals surface area contributed by atoms with Crippen LogP contribution in [0.2, 0.25) is 0 Å². The Bertz CT molecular complexity index is 603. The molecule has 22 heavy (non-hydrogen) atoms. The summed E-state index contributed by atoms with van der Waals surface area (Å²) in [6.45, 7) is 0. The highest BCUT2D eigenvalue weighted by Gasteiger charge is 2.12. The molecule has 0 saturated heterocycles. The first-order chi connectivity index (χ1) is 10.5. The Balaban J connectivity index is 1.78. The van der Waals surface area contributed by atoms with Gasteiger partial charge in [-0.2, -0.15) is 0 Å². The van der Waals surface area contributed by atoms with Crippen LogP contribution in [0.1, 0.15) is 0 Å². The van der Waals surface area contributed by atoms with E-state index in [1.807, 2.05) is 0 Å². The quantitative estimate of drug-likeness (QED) is 0.434. The topological polar surface area (TPSA) is 108 Å². The van der Waals surface area contributed by atoms with Crippen LogP contribution in [-0.4, -0.2) is 21.8 Å². The predicted molar refractivity (Wildman–Crippen MR) is 87.4 cm³/mol. The molecule has 0 aliphatic heterocycles. The molecule has 2 heterocycles. The van der Waals surface area contributed by atoms with Crippen molar-refractivity contribution in [2.45, 2.75) is 0 Å². The third-order valence-corrected chi connectivity index (χ3v) is 3.21. The van der Waals surface area contributed by atoms with Crippen molar-refractivity contribution in [1.29, 1.82) is 0 Å². The highest BCUT2D eigenvalue weighted by atomic mass is 79.9. The fourth-order valence-electron chi connectivity index (χ4n) is 1.25. The average Bonchev–Trinajstić information content (AvgIpc) is 2.53. The Labute approximate surface area is 142 Å². The summed E-state index contributed by atoms with van der Waals surface area (Å²) in [7, 11) is 0. The second-order valence-electron chi connectivity index (χ2n) is 3.88. The van der Waals surface area contributed by atoms with Gasteiger partial charge in [-0.1, -0.05) is 0 Å². The van der Waals surface area contributed by atoms with E-state index in [0.29, 0.717) is 11.6 Å². The van der Waals surface area contributed by atoms with Crippen LogP contribution < -0.4 is 21.7 Å². The van der Waals surface area contributed by atoms with E-state index in [0.717, 1.165) is 8.95 Å². The van der Waals surface area contributed by atoms with E-state index >= 15 is 0 Å². The molecule has 0 aliphatic rings. The number of aromatic nitrogens is 2. The maximum Gasteiger partial charge on any atom is 0.329 e. The summed E-state index contributed by atoms with van der Waals surface area (Å²) in [6, 6.07) is 6.74. The van der Waals surface area contributed by atoms with Crippen LogP contribution in [-0.2, 0) is 9.59 Å². The van der Waals surface area contributed by atoms with Gasteiger partial charge >= 0.3 is 11.8 Å². The summed E-state index contributed by atoms with van der Waals surface area (Å²) in [4.78, 5) is 31.1. The summed E-state index contributed by atoms with van der Waals surface area (Å²) in [5.74, 6) is -0.970. The predicted octanol–water partition coefficient (Wildman–Crippen LogP) is 1.59. The molecule has 0 aromatic carbocycles. The zero-order valence-corrected chi connectivity index (χ0v) is 14.1. The molecule has 0 atom stereocenters. The lowest BCUT2D eigenvalue weighted by molar-refractivity contribution is -0.138. The fourth-order valence-corrected chi connectivity index (χ4v) is 1.72. The van der Waals surface area contributed by atoms with Crippen molar-refractivity contribution in [1.82, 2.24) is 20.8 Å². The molecule has 0 bridgehead atoms. The number of halogens is 2. The lowest BCUT2D eigenvalue weighted by atomic mass is 10.5. The van der Waals surface area contributed by atoms with Crippen LogP contribution >= 0.6 is 31.9 Å². The Hall–Kier alpha value is -2.20. The molecule has 4 N–H and O–H groups in total. The normalized spacial score (nSPS) is 9.73. The zero-order valence-electron chi connectivity index (χ0n) is 10.9. The molecular weight excluding hydrogens is 420 g/mol. The number of nitrogens with zero attached hydrogens (tertiary/aromatic N) is 2. The van der Waals surface area contributed by atoms with E-state index in [1.54, 1.807) is 36.7 Å². The van der Waals surface area contributed by atoms with Crippen LogP contribution in [0.5, 0.6) is 0 Å². The van der Waals surface area contributed by atoms with Crippen LogP contribution in [0.15, 0.2) is 45.6 Å². The molecule has 0 radical (unpaired) electrons. The molecule has 0 spiro atoms. The highest BCUT2D eigenvalue weighted by Crippen LogP contribution is 2.10. The van der Waals surface area contributed by atoms with Crippen LogP contribution in [0, 0.1) is 0 Å². The van der Waals surface area contributed by atoms with Gasteiger partial charge in [0.1, 0.15) is 11.6 Å². The third kappa shape index (κ3) is 4.97. The number of carbonyl (C=O) groups excluding carboxylic acids is 2. The maximum atomic E-state index is 11.6. The first-order valence-corrected chi connectivity index (χ1v) is 7.48. The number of carbonyl (C=O) groups is 2. The Morgan fingerprint density at radius 2 is 1.18 bits per heavy atom. The van der Waals surface area contributed by atoms with Gasteiger partial charge in [0.2, 0.25) is 0 Å². The van der Waals surface area contributed by atoms with Crippen molar-refractivity contribution in [3.63, 3.8) is 0 Å². The van der Waals surface area contributed by atoms with Gasteiger partial charge in [-0.25, -0.2) is 9.97 Å². The van der Waals surface area contributed by atoms with Crippen LogP contribution in [0.4, 0.5) is 11.6 Å². The largest absolute Gasteiger partial charge is 0.329 e. The van der Waals surface area contributed by atoms with Gasteiger partial charge in [0.15, 0.2) is 0 Å². The molecule has 0 unspecified atom stereocenters. The monoisotopic (exact) mass is 428 g/mol. The number of hydrogen-bond donors (Lipinski definition) is 4. The van der Waals surface area contributed by atoms with Crippen molar-refractivity contribution < 1.29 is 9.59 Å². The number of hydrogen-bond acceptors (Lipinski definition) is 6. The van der Waals surface area contributed by atoms with Crippen LogP contribution in [0.25, 0.3) is 0 Å². The number of pyridine rings is 2. The third-order valence-electron chi connectivity index (χ3n) is 2.27. The summed E-state index contributed by atoms with van der Waals surface area (Å²) in [6.07, 6.45) is 3.10. The first kappa shape index (κ1) is 16.2. The Morgan fingerprint density at radius 1 is 0.773 bits per heavy atom. The Morgan fingerprint density at radius 3 is 1.50 bits per heavy atom. The molecule has 2 aromatic rings. The minimum Gasteiger partial charge on any atom is -0.281 e. The van der Waals surface area contributed by atoms with Gasteiger partial charge in [0.05, 0.1) is 0 Å². The summed E-state index contributed by atoms with van der Waals surface area (Å²) in [5.41, 5.74) is 9.47. The number of rotatable bonds is 4. The molecule has 0 aliphatic carbocycles. The van der Waals surface area contributed by atoms with E-state index < -0.39 is 11.8 Å². The second-order valence-corrected chi connectivity index (χ2v) is 5.71. The molecule has 0 saturated carbocycles. The van der Waals surface area contributed by atoms with E-state index in [4.69, 9.17) is 0 Å². The minimum atomic E-state index is -0.880. The molecule has 2 amide bonds. The fraction of sp³-hybridized carbons (Fsp3) is 0. The smallest absolute Gasteiger partial charge is 0.281 e. The molecule has 0 fully saturated rings. The summed E-state index contributed by atoms with van der Waals surface area (Å²) in [5, 5.41) is 0. The summed E-state index contributed by atoms with van der Waals surface area (Å²) >= 11 is 6.47. The standard InChI is InChI=1S/C12H10Br2N6O2/c13-7-1-3-9(15-5-7)17-19-11(21)12(22)20-18-10-4-2-8(14)6-16-10/h1-6H,(H,15,17)(H,16,18)(H,19,21)(H,20,22).